The molecular formula is C20H27N3O5S. The molecule has 0 aromatic heterocycles. The fourth-order valence-electron chi connectivity index (χ4n) is 3.91. The average molecular weight is 422 g/mol. The maximum Gasteiger partial charge on any atom is 0.243 e. The number of imide groups is 1. The molecule has 9 heteroatoms. The van der Waals surface area contributed by atoms with Crippen LogP contribution in [-0.4, -0.2) is 73.0 Å². The topological polar surface area (TPSA) is 95.1 Å². The summed E-state index contributed by atoms with van der Waals surface area (Å²) in [7, 11) is -3.68. The van der Waals surface area contributed by atoms with E-state index in [1.807, 2.05) is 33.8 Å². The summed E-state index contributed by atoms with van der Waals surface area (Å²) in [4.78, 5) is 38.8. The van der Waals surface area contributed by atoms with Crippen LogP contribution in [-0.2, 0) is 24.4 Å². The fraction of sp³-hybridized carbons (Fsp3) is 0.550. The van der Waals surface area contributed by atoms with E-state index >= 15 is 0 Å². The summed E-state index contributed by atoms with van der Waals surface area (Å²) in [5.74, 6) is -0.986. The van der Waals surface area contributed by atoms with Gasteiger partial charge in [0, 0.05) is 39.0 Å². The van der Waals surface area contributed by atoms with Crippen LogP contribution in [0.4, 0.5) is 0 Å². The molecule has 0 atom stereocenters. The van der Waals surface area contributed by atoms with Crippen molar-refractivity contribution in [3.8, 4) is 0 Å². The highest BCUT2D eigenvalue weighted by Gasteiger charge is 2.35. The summed E-state index contributed by atoms with van der Waals surface area (Å²) in [6.45, 7) is 8.01. The predicted octanol–water partition coefficient (Wildman–Crippen LogP) is 0.902. The zero-order valence-corrected chi connectivity index (χ0v) is 18.1. The predicted molar refractivity (Wildman–Crippen MR) is 107 cm³/mol. The van der Waals surface area contributed by atoms with Gasteiger partial charge in [-0.2, -0.15) is 4.31 Å². The van der Waals surface area contributed by atoms with Crippen LogP contribution in [0.15, 0.2) is 11.0 Å². The third-order valence-electron chi connectivity index (χ3n) is 5.93. The molecule has 2 heterocycles. The Kier molecular flexibility index (Phi) is 5.82. The lowest BCUT2D eigenvalue weighted by Gasteiger charge is -2.35. The average Bonchev–Trinajstić information content (AvgIpc) is 2.98. The maximum atomic E-state index is 13.3. The Morgan fingerprint density at radius 2 is 1.38 bits per heavy atom. The van der Waals surface area contributed by atoms with Crippen molar-refractivity contribution in [2.45, 2.75) is 45.4 Å². The van der Waals surface area contributed by atoms with Gasteiger partial charge in [0.2, 0.25) is 27.7 Å². The molecule has 0 bridgehead atoms. The Morgan fingerprint density at radius 1 is 0.897 bits per heavy atom. The molecule has 2 aliphatic rings. The number of sulfonamides is 1. The van der Waals surface area contributed by atoms with Crippen LogP contribution in [0.1, 0.15) is 35.1 Å². The lowest BCUT2D eigenvalue weighted by Crippen LogP contribution is -2.53. The third kappa shape index (κ3) is 3.93. The number of benzene rings is 1. The minimum atomic E-state index is -3.68. The van der Waals surface area contributed by atoms with Gasteiger partial charge in [0.1, 0.15) is 6.54 Å². The highest BCUT2D eigenvalue weighted by atomic mass is 32.2. The normalized spacial score (nSPS) is 18.6. The maximum absolute atomic E-state index is 13.3. The Labute approximate surface area is 171 Å². The van der Waals surface area contributed by atoms with E-state index in [1.54, 1.807) is 0 Å². The number of nitrogens with zero attached hydrogens (tertiary/aromatic N) is 3. The quantitative estimate of drug-likeness (QED) is 0.674. The number of hydrogen-bond acceptors (Lipinski definition) is 5. The molecule has 158 valence electrons. The third-order valence-corrected chi connectivity index (χ3v) is 8.11. The van der Waals surface area contributed by atoms with Gasteiger partial charge < -0.3 is 4.90 Å². The first-order chi connectivity index (χ1) is 13.5. The molecule has 0 saturated carbocycles. The van der Waals surface area contributed by atoms with Crippen molar-refractivity contribution in [3.63, 3.8) is 0 Å². The van der Waals surface area contributed by atoms with Crippen LogP contribution >= 0.6 is 0 Å². The number of rotatable bonds is 4. The van der Waals surface area contributed by atoms with Crippen molar-refractivity contribution in [1.29, 1.82) is 0 Å². The highest BCUT2D eigenvalue weighted by molar-refractivity contribution is 7.89. The molecule has 29 heavy (non-hydrogen) atoms. The van der Waals surface area contributed by atoms with Gasteiger partial charge >= 0.3 is 0 Å². The number of piperazine rings is 1. The molecule has 2 aliphatic heterocycles. The number of amides is 3. The summed E-state index contributed by atoms with van der Waals surface area (Å²) < 4.78 is 28.0. The first-order valence-electron chi connectivity index (χ1n) is 9.72. The number of hydrogen-bond donors (Lipinski definition) is 0. The van der Waals surface area contributed by atoms with E-state index < -0.39 is 10.0 Å². The lowest BCUT2D eigenvalue weighted by atomic mass is 10.0. The van der Waals surface area contributed by atoms with Gasteiger partial charge in [0.15, 0.2) is 0 Å². The molecule has 0 aliphatic carbocycles. The van der Waals surface area contributed by atoms with Gasteiger partial charge in [-0.1, -0.05) is 6.07 Å². The molecule has 0 unspecified atom stereocenters. The van der Waals surface area contributed by atoms with Crippen LogP contribution in [0.3, 0.4) is 0 Å². The van der Waals surface area contributed by atoms with E-state index in [1.165, 1.54) is 9.21 Å². The van der Waals surface area contributed by atoms with E-state index in [0.717, 1.165) is 27.2 Å². The SMILES string of the molecule is Cc1cc(C)c(C)c(S(=O)(=O)N2CCN(C(=O)CN3C(=O)CCC3=O)CC2)c1C. The van der Waals surface area contributed by atoms with E-state index in [9.17, 15) is 22.8 Å². The second-order valence-corrected chi connectivity index (χ2v) is 9.62. The molecule has 1 aromatic carbocycles. The Bertz CT molecular complexity index is 936. The summed E-state index contributed by atoms with van der Waals surface area (Å²) in [5, 5.41) is 0. The number of aryl methyl sites for hydroxylation is 2. The Balaban J connectivity index is 1.71. The van der Waals surface area contributed by atoms with E-state index in [0.29, 0.717) is 4.90 Å². The van der Waals surface area contributed by atoms with Crippen molar-refractivity contribution in [1.82, 2.24) is 14.1 Å². The Morgan fingerprint density at radius 3 is 1.86 bits per heavy atom. The van der Waals surface area contributed by atoms with Crippen LogP contribution in [0, 0.1) is 27.7 Å². The second-order valence-electron chi connectivity index (χ2n) is 7.75. The van der Waals surface area contributed by atoms with Gasteiger partial charge in [-0.25, -0.2) is 8.42 Å². The first-order valence-corrected chi connectivity index (χ1v) is 11.2. The molecule has 2 fully saturated rings. The minimum absolute atomic E-state index is 0.146. The zero-order chi connectivity index (χ0) is 21.5. The zero-order valence-electron chi connectivity index (χ0n) is 17.3. The summed E-state index contributed by atoms with van der Waals surface area (Å²) >= 11 is 0. The van der Waals surface area contributed by atoms with Crippen LogP contribution < -0.4 is 0 Å². The summed E-state index contributed by atoms with van der Waals surface area (Å²) in [6, 6.07) is 1.99. The highest BCUT2D eigenvalue weighted by Crippen LogP contribution is 2.29. The van der Waals surface area contributed by atoms with Crippen LogP contribution in [0.2, 0.25) is 0 Å². The smallest absolute Gasteiger partial charge is 0.243 e. The van der Waals surface area contributed by atoms with E-state index in [4.69, 9.17) is 0 Å². The van der Waals surface area contributed by atoms with E-state index in [-0.39, 0.29) is 63.3 Å². The van der Waals surface area contributed by atoms with Gasteiger partial charge in [-0.05, 0) is 49.9 Å². The first kappa shape index (κ1) is 21.4. The molecule has 8 nitrogen and oxygen atoms in total. The van der Waals surface area contributed by atoms with Crippen molar-refractivity contribution in [2.24, 2.45) is 0 Å². The summed E-state index contributed by atoms with van der Waals surface area (Å²) in [6.07, 6.45) is 0.291. The number of likely N-dealkylation sites (tertiary alicyclic amines) is 1. The van der Waals surface area contributed by atoms with Crippen molar-refractivity contribution < 1.29 is 22.8 Å². The van der Waals surface area contributed by atoms with E-state index in [2.05, 4.69) is 0 Å². The van der Waals surface area contributed by atoms with Crippen molar-refractivity contribution in [2.75, 3.05) is 32.7 Å². The fourth-order valence-corrected chi connectivity index (χ4v) is 5.91. The van der Waals surface area contributed by atoms with Crippen LogP contribution in [0.5, 0.6) is 0 Å². The molecule has 0 N–H and O–H groups in total. The molecule has 3 rings (SSSR count). The second kappa shape index (κ2) is 7.87. The van der Waals surface area contributed by atoms with Gasteiger partial charge in [0.05, 0.1) is 4.90 Å². The van der Waals surface area contributed by atoms with Crippen molar-refractivity contribution >= 4 is 27.7 Å². The van der Waals surface area contributed by atoms with Gasteiger partial charge in [0.25, 0.3) is 0 Å². The largest absolute Gasteiger partial charge is 0.338 e. The lowest BCUT2D eigenvalue weighted by molar-refractivity contribution is -0.145. The number of carbonyl (C=O) groups is 3. The summed E-state index contributed by atoms with van der Waals surface area (Å²) in [5.41, 5.74) is 3.36. The molecule has 2 saturated heterocycles. The minimum Gasteiger partial charge on any atom is -0.338 e. The van der Waals surface area contributed by atoms with Gasteiger partial charge in [-0.3, -0.25) is 19.3 Å². The molecule has 0 spiro atoms. The number of carbonyl (C=O) groups excluding carboxylic acids is 3. The monoisotopic (exact) mass is 421 g/mol. The van der Waals surface area contributed by atoms with Crippen LogP contribution in [0.25, 0.3) is 0 Å². The molecule has 0 radical (unpaired) electrons. The van der Waals surface area contributed by atoms with Crippen molar-refractivity contribution in [3.05, 3.63) is 28.3 Å². The van der Waals surface area contributed by atoms with Gasteiger partial charge in [-0.15, -0.1) is 0 Å². The molecular weight excluding hydrogens is 394 g/mol. The Hall–Kier alpha value is -2.26. The standard InChI is InChI=1S/C20H27N3O5S/c1-13-11-14(2)16(4)20(15(13)3)29(27,28)22-9-7-21(8-10-22)19(26)12-23-17(24)5-6-18(23)25/h11H,5-10,12H2,1-4H3. The molecule has 3 amide bonds. The molecule has 1 aromatic rings.